The highest BCUT2D eigenvalue weighted by atomic mass is 16.5. The number of Topliss-reactive ketones (excluding diaryl/α,β-unsaturated/α-hetero) is 1. The summed E-state index contributed by atoms with van der Waals surface area (Å²) in [6, 6.07) is 14.5. The molecule has 0 radical (unpaired) electrons. The Hall–Kier alpha value is -2.82. The summed E-state index contributed by atoms with van der Waals surface area (Å²) < 4.78 is 5.43. The van der Waals surface area contributed by atoms with Gasteiger partial charge in [-0.1, -0.05) is 44.2 Å². The zero-order chi connectivity index (χ0) is 17.5. The zero-order valence-corrected chi connectivity index (χ0v) is 13.9. The van der Waals surface area contributed by atoms with Gasteiger partial charge in [-0.05, 0) is 23.8 Å². The molecule has 0 saturated heterocycles. The third kappa shape index (κ3) is 4.84. The molecular formula is C19H22N2O3. The van der Waals surface area contributed by atoms with Gasteiger partial charge in [0.1, 0.15) is 5.75 Å². The SMILES string of the molecule is CC(C)C(=O)c1ccc(OCC(=O)NCc2ccccc2)c(N)c1. The molecule has 0 aliphatic carbocycles. The maximum absolute atomic E-state index is 11.9. The molecule has 0 saturated carbocycles. The third-order valence-corrected chi connectivity index (χ3v) is 3.51. The average Bonchev–Trinajstić information content (AvgIpc) is 2.59. The molecule has 0 bridgehead atoms. The molecule has 5 nitrogen and oxygen atoms in total. The fourth-order valence-corrected chi connectivity index (χ4v) is 2.16. The van der Waals surface area contributed by atoms with Crippen molar-refractivity contribution in [3.05, 3.63) is 59.7 Å². The minimum Gasteiger partial charge on any atom is -0.482 e. The average molecular weight is 326 g/mol. The van der Waals surface area contributed by atoms with Gasteiger partial charge < -0.3 is 15.8 Å². The Labute approximate surface area is 141 Å². The van der Waals surface area contributed by atoms with Gasteiger partial charge in [-0.15, -0.1) is 0 Å². The Morgan fingerprint density at radius 3 is 2.46 bits per heavy atom. The van der Waals surface area contributed by atoms with Gasteiger partial charge in [0.05, 0.1) is 5.69 Å². The molecular weight excluding hydrogens is 304 g/mol. The fraction of sp³-hybridized carbons (Fsp3) is 0.263. The van der Waals surface area contributed by atoms with Crippen LogP contribution in [0.1, 0.15) is 29.8 Å². The molecule has 3 N–H and O–H groups in total. The van der Waals surface area contributed by atoms with Crippen molar-refractivity contribution in [2.75, 3.05) is 12.3 Å². The van der Waals surface area contributed by atoms with Crippen LogP contribution in [0.2, 0.25) is 0 Å². The van der Waals surface area contributed by atoms with Crippen molar-refractivity contribution in [2.45, 2.75) is 20.4 Å². The van der Waals surface area contributed by atoms with Crippen LogP contribution in [0.15, 0.2) is 48.5 Å². The van der Waals surface area contributed by atoms with Gasteiger partial charge in [0.15, 0.2) is 12.4 Å². The smallest absolute Gasteiger partial charge is 0.258 e. The summed E-state index contributed by atoms with van der Waals surface area (Å²) in [5.41, 5.74) is 7.81. The molecule has 0 unspecified atom stereocenters. The van der Waals surface area contributed by atoms with E-state index in [1.165, 1.54) is 0 Å². The minimum atomic E-state index is -0.236. The van der Waals surface area contributed by atoms with Crippen LogP contribution in [-0.2, 0) is 11.3 Å². The van der Waals surface area contributed by atoms with Crippen molar-refractivity contribution in [1.82, 2.24) is 5.32 Å². The van der Waals surface area contributed by atoms with Crippen LogP contribution in [0.4, 0.5) is 5.69 Å². The van der Waals surface area contributed by atoms with Crippen LogP contribution in [0.3, 0.4) is 0 Å². The number of hydrogen-bond donors (Lipinski definition) is 2. The largest absolute Gasteiger partial charge is 0.482 e. The maximum atomic E-state index is 11.9. The van der Waals surface area contributed by atoms with Gasteiger partial charge in [0.25, 0.3) is 5.91 Å². The van der Waals surface area contributed by atoms with Crippen LogP contribution in [0, 0.1) is 5.92 Å². The summed E-state index contributed by atoms with van der Waals surface area (Å²) in [5.74, 6) is 0.0829. The van der Waals surface area contributed by atoms with Crippen molar-refractivity contribution in [1.29, 1.82) is 0 Å². The van der Waals surface area contributed by atoms with E-state index in [4.69, 9.17) is 10.5 Å². The maximum Gasteiger partial charge on any atom is 0.258 e. The number of carbonyl (C=O) groups is 2. The summed E-state index contributed by atoms with van der Waals surface area (Å²) >= 11 is 0. The molecule has 0 heterocycles. The van der Waals surface area contributed by atoms with Crippen molar-refractivity contribution in [3.8, 4) is 5.75 Å². The quantitative estimate of drug-likeness (QED) is 0.605. The number of carbonyl (C=O) groups excluding carboxylic acids is 2. The second kappa shape index (κ2) is 8.15. The van der Waals surface area contributed by atoms with E-state index in [0.29, 0.717) is 23.5 Å². The lowest BCUT2D eigenvalue weighted by molar-refractivity contribution is -0.123. The number of benzene rings is 2. The standard InChI is InChI=1S/C19H22N2O3/c1-13(2)19(23)15-8-9-17(16(20)10-15)24-12-18(22)21-11-14-6-4-3-5-7-14/h3-10,13H,11-12,20H2,1-2H3,(H,21,22). The Morgan fingerprint density at radius 2 is 1.83 bits per heavy atom. The molecule has 1 amide bonds. The molecule has 2 aromatic carbocycles. The lowest BCUT2D eigenvalue weighted by Crippen LogP contribution is -2.28. The molecule has 0 spiro atoms. The molecule has 0 fully saturated rings. The van der Waals surface area contributed by atoms with Crippen molar-refractivity contribution >= 4 is 17.4 Å². The van der Waals surface area contributed by atoms with Crippen LogP contribution < -0.4 is 15.8 Å². The van der Waals surface area contributed by atoms with E-state index in [9.17, 15) is 9.59 Å². The van der Waals surface area contributed by atoms with Gasteiger partial charge in [-0.3, -0.25) is 9.59 Å². The van der Waals surface area contributed by atoms with Crippen LogP contribution in [-0.4, -0.2) is 18.3 Å². The molecule has 0 aromatic heterocycles. The highest BCUT2D eigenvalue weighted by molar-refractivity contribution is 5.98. The number of ether oxygens (including phenoxy) is 1. The highest BCUT2D eigenvalue weighted by Crippen LogP contribution is 2.23. The van der Waals surface area contributed by atoms with Gasteiger partial charge >= 0.3 is 0 Å². The number of amides is 1. The Kier molecular flexibility index (Phi) is 5.95. The molecule has 0 aliphatic heterocycles. The summed E-state index contributed by atoms with van der Waals surface area (Å²) in [6.45, 7) is 3.98. The van der Waals surface area contributed by atoms with Crippen molar-refractivity contribution in [2.24, 2.45) is 5.92 Å². The first kappa shape index (κ1) is 17.5. The topological polar surface area (TPSA) is 81.4 Å². The number of nitrogens with two attached hydrogens (primary N) is 1. The number of nitrogen functional groups attached to an aromatic ring is 1. The van der Waals surface area contributed by atoms with Crippen molar-refractivity contribution < 1.29 is 14.3 Å². The number of ketones is 1. The van der Waals surface area contributed by atoms with Crippen LogP contribution in [0.25, 0.3) is 0 Å². The molecule has 2 aromatic rings. The van der Waals surface area contributed by atoms with E-state index < -0.39 is 0 Å². The number of hydrogen-bond acceptors (Lipinski definition) is 4. The summed E-state index contributed by atoms with van der Waals surface area (Å²) in [4.78, 5) is 23.8. The number of nitrogens with one attached hydrogen (secondary N) is 1. The second-order valence-electron chi connectivity index (χ2n) is 5.82. The van der Waals surface area contributed by atoms with Gasteiger partial charge in [-0.25, -0.2) is 0 Å². The summed E-state index contributed by atoms with van der Waals surface area (Å²) in [6.07, 6.45) is 0. The van der Waals surface area contributed by atoms with E-state index in [2.05, 4.69) is 5.32 Å². The first-order valence-corrected chi connectivity index (χ1v) is 7.84. The predicted molar refractivity (Wildman–Crippen MR) is 93.8 cm³/mol. The molecule has 2 rings (SSSR count). The lowest BCUT2D eigenvalue weighted by Gasteiger charge is -2.11. The highest BCUT2D eigenvalue weighted by Gasteiger charge is 2.13. The van der Waals surface area contributed by atoms with E-state index in [0.717, 1.165) is 5.56 Å². The zero-order valence-electron chi connectivity index (χ0n) is 13.9. The Morgan fingerprint density at radius 1 is 1.12 bits per heavy atom. The number of anilines is 1. The molecule has 126 valence electrons. The molecule has 0 aliphatic rings. The Balaban J connectivity index is 1.87. The second-order valence-corrected chi connectivity index (χ2v) is 5.82. The van der Waals surface area contributed by atoms with Crippen LogP contribution in [0.5, 0.6) is 5.75 Å². The van der Waals surface area contributed by atoms with E-state index in [-0.39, 0.29) is 24.2 Å². The van der Waals surface area contributed by atoms with Crippen molar-refractivity contribution in [3.63, 3.8) is 0 Å². The predicted octanol–water partition coefficient (Wildman–Crippen LogP) is 2.80. The van der Waals surface area contributed by atoms with Crippen LogP contribution >= 0.6 is 0 Å². The minimum absolute atomic E-state index is 0.0221. The molecule has 24 heavy (non-hydrogen) atoms. The third-order valence-electron chi connectivity index (χ3n) is 3.51. The van der Waals surface area contributed by atoms with Gasteiger partial charge in [0.2, 0.25) is 0 Å². The lowest BCUT2D eigenvalue weighted by atomic mass is 10.0. The monoisotopic (exact) mass is 326 g/mol. The number of rotatable bonds is 7. The summed E-state index contributed by atoms with van der Waals surface area (Å²) in [7, 11) is 0. The van der Waals surface area contributed by atoms with E-state index >= 15 is 0 Å². The Bertz CT molecular complexity index is 712. The molecule has 5 heteroatoms. The first-order valence-electron chi connectivity index (χ1n) is 7.84. The van der Waals surface area contributed by atoms with Gasteiger partial charge in [0, 0.05) is 18.0 Å². The van der Waals surface area contributed by atoms with Gasteiger partial charge in [-0.2, -0.15) is 0 Å². The van der Waals surface area contributed by atoms with E-state index in [1.807, 2.05) is 44.2 Å². The van der Waals surface area contributed by atoms with E-state index in [1.54, 1.807) is 18.2 Å². The molecule has 0 atom stereocenters. The normalized spacial score (nSPS) is 10.5. The summed E-state index contributed by atoms with van der Waals surface area (Å²) in [5, 5.41) is 2.77. The first-order chi connectivity index (χ1) is 11.5. The fourth-order valence-electron chi connectivity index (χ4n) is 2.16.